The molecule has 8 heteroatoms. The third-order valence-corrected chi connectivity index (χ3v) is 4.84. The van der Waals surface area contributed by atoms with Crippen LogP contribution in [-0.4, -0.2) is 55.0 Å². The monoisotopic (exact) mass is 312 g/mol. The Bertz CT molecular complexity index is 642. The van der Waals surface area contributed by atoms with Gasteiger partial charge in [-0.3, -0.25) is 4.79 Å². The smallest absolute Gasteiger partial charge is 0.321 e. The molecule has 0 aromatic heterocycles. The van der Waals surface area contributed by atoms with Crippen molar-refractivity contribution in [3.05, 3.63) is 29.8 Å². The average Bonchev–Trinajstić information content (AvgIpc) is 2.40. The molecule has 0 aliphatic carbocycles. The molecule has 2 rings (SSSR count). The van der Waals surface area contributed by atoms with Crippen LogP contribution in [0, 0.1) is 0 Å². The van der Waals surface area contributed by atoms with Crippen LogP contribution in [0.3, 0.4) is 0 Å². The standard InChI is InChI=1S/C13H16N2O5S/c16-12(17)9-10-3-1-2-4-11(10)14-13(18)15-5-7-21(19,20)8-6-15/h1-4H,5-9H2,(H,14,18)(H,16,17). The summed E-state index contributed by atoms with van der Waals surface area (Å²) in [5, 5.41) is 11.5. The maximum atomic E-state index is 12.1. The van der Waals surface area contributed by atoms with E-state index in [1.165, 1.54) is 4.90 Å². The van der Waals surface area contributed by atoms with Crippen LogP contribution in [-0.2, 0) is 21.1 Å². The number of carboxylic acid groups (broad SMARTS) is 1. The molecule has 114 valence electrons. The van der Waals surface area contributed by atoms with Crippen LogP contribution in [0.25, 0.3) is 0 Å². The number of carboxylic acids is 1. The lowest BCUT2D eigenvalue weighted by atomic mass is 10.1. The molecule has 1 heterocycles. The Kier molecular flexibility index (Phi) is 4.46. The highest BCUT2D eigenvalue weighted by Crippen LogP contribution is 2.17. The molecule has 1 aromatic rings. The number of hydrogen-bond acceptors (Lipinski definition) is 4. The summed E-state index contributed by atoms with van der Waals surface area (Å²) in [5.74, 6) is -1.07. The lowest BCUT2D eigenvalue weighted by molar-refractivity contribution is -0.136. The summed E-state index contributed by atoms with van der Waals surface area (Å²) in [6.45, 7) is 0.296. The highest BCUT2D eigenvalue weighted by atomic mass is 32.2. The number of aliphatic carboxylic acids is 1. The van der Waals surface area contributed by atoms with E-state index in [-0.39, 0.29) is 31.0 Å². The van der Waals surface area contributed by atoms with Crippen LogP contribution in [0.1, 0.15) is 5.56 Å². The van der Waals surface area contributed by atoms with Crippen molar-refractivity contribution in [2.24, 2.45) is 0 Å². The predicted molar refractivity (Wildman–Crippen MR) is 77.0 cm³/mol. The first-order valence-electron chi connectivity index (χ1n) is 6.43. The quantitative estimate of drug-likeness (QED) is 0.849. The van der Waals surface area contributed by atoms with E-state index in [4.69, 9.17) is 5.11 Å². The molecule has 1 fully saturated rings. The van der Waals surface area contributed by atoms with Crippen LogP contribution >= 0.6 is 0 Å². The van der Waals surface area contributed by atoms with Gasteiger partial charge in [0, 0.05) is 18.8 Å². The number of amides is 2. The number of nitrogens with zero attached hydrogens (tertiary/aromatic N) is 1. The van der Waals surface area contributed by atoms with Crippen LogP contribution < -0.4 is 5.32 Å². The highest BCUT2D eigenvalue weighted by molar-refractivity contribution is 7.91. The molecular weight excluding hydrogens is 296 g/mol. The van der Waals surface area contributed by atoms with Crippen LogP contribution in [0.15, 0.2) is 24.3 Å². The second-order valence-corrected chi connectivity index (χ2v) is 7.10. The Morgan fingerprint density at radius 1 is 1.19 bits per heavy atom. The molecule has 2 amide bonds. The number of hydrogen-bond donors (Lipinski definition) is 2. The Morgan fingerprint density at radius 3 is 2.43 bits per heavy atom. The molecule has 0 unspecified atom stereocenters. The van der Waals surface area contributed by atoms with Gasteiger partial charge in [0.2, 0.25) is 0 Å². The Labute approximate surface area is 122 Å². The largest absolute Gasteiger partial charge is 0.481 e. The second-order valence-electron chi connectivity index (χ2n) is 4.80. The summed E-state index contributed by atoms with van der Waals surface area (Å²) < 4.78 is 22.7. The number of carbonyl (C=O) groups is 2. The van der Waals surface area contributed by atoms with E-state index in [0.717, 1.165) is 0 Å². The molecule has 2 N–H and O–H groups in total. The Hall–Kier alpha value is -2.09. The maximum Gasteiger partial charge on any atom is 0.321 e. The van der Waals surface area contributed by atoms with E-state index < -0.39 is 21.8 Å². The van der Waals surface area contributed by atoms with Gasteiger partial charge in [-0.1, -0.05) is 18.2 Å². The van der Waals surface area contributed by atoms with Crippen molar-refractivity contribution in [3.63, 3.8) is 0 Å². The molecule has 0 spiro atoms. The van der Waals surface area contributed by atoms with Crippen molar-refractivity contribution in [1.82, 2.24) is 4.90 Å². The number of carbonyl (C=O) groups excluding carboxylic acids is 1. The fraction of sp³-hybridized carbons (Fsp3) is 0.385. The van der Waals surface area contributed by atoms with Gasteiger partial charge in [0.25, 0.3) is 0 Å². The zero-order valence-corrected chi connectivity index (χ0v) is 12.1. The molecule has 1 saturated heterocycles. The van der Waals surface area contributed by atoms with Gasteiger partial charge in [-0.15, -0.1) is 0 Å². The number of sulfone groups is 1. The third-order valence-electron chi connectivity index (χ3n) is 3.23. The van der Waals surface area contributed by atoms with Crippen LogP contribution in [0.4, 0.5) is 10.5 Å². The second kappa shape index (κ2) is 6.13. The highest BCUT2D eigenvalue weighted by Gasteiger charge is 2.25. The zero-order chi connectivity index (χ0) is 15.5. The average molecular weight is 312 g/mol. The van der Waals surface area contributed by atoms with E-state index in [9.17, 15) is 18.0 Å². The van der Waals surface area contributed by atoms with Crippen molar-refractivity contribution >= 4 is 27.5 Å². The number of benzene rings is 1. The van der Waals surface area contributed by atoms with E-state index in [2.05, 4.69) is 5.32 Å². The minimum Gasteiger partial charge on any atom is -0.481 e. The molecule has 0 saturated carbocycles. The van der Waals surface area contributed by atoms with Gasteiger partial charge in [-0.2, -0.15) is 0 Å². The summed E-state index contributed by atoms with van der Waals surface area (Å²) in [5.41, 5.74) is 0.932. The topological polar surface area (TPSA) is 104 Å². The van der Waals surface area contributed by atoms with Crippen LogP contribution in [0.2, 0.25) is 0 Å². The maximum absolute atomic E-state index is 12.1. The number of rotatable bonds is 3. The molecule has 0 atom stereocenters. The minimum atomic E-state index is -3.05. The van der Waals surface area contributed by atoms with Crippen LogP contribution in [0.5, 0.6) is 0 Å². The number of anilines is 1. The minimum absolute atomic E-state index is 0.0445. The molecule has 0 radical (unpaired) electrons. The summed E-state index contributed by atoms with van der Waals surface area (Å²) in [7, 11) is -3.05. The van der Waals surface area contributed by atoms with Gasteiger partial charge in [0.1, 0.15) is 0 Å². The van der Waals surface area contributed by atoms with Gasteiger partial charge < -0.3 is 15.3 Å². The summed E-state index contributed by atoms with van der Waals surface area (Å²) in [6.07, 6.45) is -0.190. The van der Waals surface area contributed by atoms with Gasteiger partial charge >= 0.3 is 12.0 Å². The van der Waals surface area contributed by atoms with Gasteiger partial charge in [-0.25, -0.2) is 13.2 Å². The lowest BCUT2D eigenvalue weighted by Crippen LogP contribution is -2.45. The number of nitrogens with one attached hydrogen (secondary N) is 1. The zero-order valence-electron chi connectivity index (χ0n) is 11.3. The van der Waals surface area contributed by atoms with Gasteiger partial charge in [0.15, 0.2) is 9.84 Å². The molecule has 7 nitrogen and oxygen atoms in total. The number of urea groups is 1. The lowest BCUT2D eigenvalue weighted by Gasteiger charge is -2.27. The fourth-order valence-corrected chi connectivity index (χ4v) is 3.27. The summed E-state index contributed by atoms with van der Waals surface area (Å²) in [6, 6.07) is 6.23. The first kappa shape index (κ1) is 15.3. The molecule has 1 aliphatic heterocycles. The summed E-state index contributed by atoms with van der Waals surface area (Å²) >= 11 is 0. The molecule has 1 aromatic carbocycles. The van der Waals surface area contributed by atoms with Gasteiger partial charge in [-0.05, 0) is 11.6 Å². The van der Waals surface area contributed by atoms with E-state index >= 15 is 0 Å². The van der Waals surface area contributed by atoms with E-state index in [0.29, 0.717) is 11.3 Å². The van der Waals surface area contributed by atoms with E-state index in [1.807, 2.05) is 0 Å². The summed E-state index contributed by atoms with van der Waals surface area (Å²) in [4.78, 5) is 24.3. The van der Waals surface area contributed by atoms with Crippen molar-refractivity contribution in [1.29, 1.82) is 0 Å². The van der Waals surface area contributed by atoms with Crippen molar-refractivity contribution in [2.75, 3.05) is 29.9 Å². The van der Waals surface area contributed by atoms with Crippen molar-refractivity contribution in [2.45, 2.75) is 6.42 Å². The number of para-hydroxylation sites is 1. The Balaban J connectivity index is 2.05. The fourth-order valence-electron chi connectivity index (χ4n) is 2.07. The molecule has 0 bridgehead atoms. The predicted octanol–water partition coefficient (Wildman–Crippen LogP) is 0.576. The Morgan fingerprint density at radius 2 is 1.81 bits per heavy atom. The van der Waals surface area contributed by atoms with Crippen molar-refractivity contribution in [3.8, 4) is 0 Å². The molecule has 21 heavy (non-hydrogen) atoms. The first-order valence-corrected chi connectivity index (χ1v) is 8.25. The van der Waals surface area contributed by atoms with Gasteiger partial charge in [0.05, 0.1) is 17.9 Å². The third kappa shape index (κ3) is 4.19. The SMILES string of the molecule is O=C(O)Cc1ccccc1NC(=O)N1CCS(=O)(=O)CC1. The molecule has 1 aliphatic rings. The van der Waals surface area contributed by atoms with Crippen molar-refractivity contribution < 1.29 is 23.1 Å². The van der Waals surface area contributed by atoms with E-state index in [1.54, 1.807) is 24.3 Å². The molecular formula is C13H16N2O5S. The normalized spacial score (nSPS) is 17.2. The first-order chi connectivity index (χ1) is 9.87.